The Kier molecular flexibility index (Phi) is 6.66. The van der Waals surface area contributed by atoms with Crippen LogP contribution < -0.4 is 9.46 Å². The molecule has 3 aromatic heterocycles. The predicted octanol–water partition coefficient (Wildman–Crippen LogP) is 5.00. The van der Waals surface area contributed by atoms with Gasteiger partial charge in [0.25, 0.3) is 10.0 Å². The minimum atomic E-state index is -4.71. The Labute approximate surface area is 200 Å². The maximum absolute atomic E-state index is 13.1. The van der Waals surface area contributed by atoms with Crippen molar-refractivity contribution in [1.82, 2.24) is 24.6 Å². The number of nitrogens with zero attached hydrogens (tertiary/aromatic N) is 4. The highest BCUT2D eigenvalue weighted by atomic mass is 32.2. The van der Waals surface area contributed by atoms with Crippen LogP contribution in [0.4, 0.5) is 17.6 Å². The first-order valence-corrected chi connectivity index (χ1v) is 12.3. The number of hydrogen-bond acceptors (Lipinski definition) is 8. The lowest BCUT2D eigenvalue weighted by atomic mass is 10.3. The molecule has 0 saturated heterocycles. The van der Waals surface area contributed by atoms with E-state index in [9.17, 15) is 26.0 Å². The van der Waals surface area contributed by atoms with Gasteiger partial charge in [-0.15, -0.1) is 16.4 Å². The van der Waals surface area contributed by atoms with Crippen molar-refractivity contribution in [3.8, 4) is 22.3 Å². The molecular weight excluding hydrogens is 514 g/mol. The molecule has 1 aromatic carbocycles. The lowest BCUT2D eigenvalue weighted by Gasteiger charge is -2.14. The van der Waals surface area contributed by atoms with Crippen LogP contribution in [0, 0.1) is 5.82 Å². The van der Waals surface area contributed by atoms with Crippen molar-refractivity contribution >= 4 is 21.4 Å². The van der Waals surface area contributed by atoms with Gasteiger partial charge in [-0.2, -0.15) is 17.9 Å². The Bertz CT molecular complexity index is 1430. The summed E-state index contributed by atoms with van der Waals surface area (Å²) in [4.78, 5) is 0.184. The topological polar surface area (TPSA) is 112 Å². The molecule has 0 saturated carbocycles. The number of alkyl halides is 3. The predicted molar refractivity (Wildman–Crippen MR) is 116 cm³/mol. The second-order valence-corrected chi connectivity index (χ2v) is 10.2. The third-order valence-electron chi connectivity index (χ3n) is 4.69. The van der Waals surface area contributed by atoms with Gasteiger partial charge < -0.3 is 9.26 Å². The number of nitrogens with one attached hydrogen (secondary N) is 1. The summed E-state index contributed by atoms with van der Waals surface area (Å²) in [5.41, 5.74) is -0.134. The Morgan fingerprint density at radius 3 is 2.51 bits per heavy atom. The van der Waals surface area contributed by atoms with Crippen molar-refractivity contribution in [3.63, 3.8) is 0 Å². The Balaban J connectivity index is 1.52. The van der Waals surface area contributed by atoms with E-state index in [-0.39, 0.29) is 26.6 Å². The summed E-state index contributed by atoms with van der Waals surface area (Å²) in [5.74, 6) is -1.13. The molecule has 0 fully saturated rings. The van der Waals surface area contributed by atoms with Gasteiger partial charge in [0.15, 0.2) is 5.82 Å². The smallest absolute Gasteiger partial charge is 0.424 e. The Hall–Kier alpha value is -3.30. The molecule has 0 radical (unpaired) electrons. The van der Waals surface area contributed by atoms with E-state index in [1.165, 1.54) is 36.4 Å². The molecular formula is C20H17F4N5O4S2. The summed E-state index contributed by atoms with van der Waals surface area (Å²) in [7, 11) is -4.07. The molecule has 0 unspecified atom stereocenters. The minimum absolute atomic E-state index is 0.0880. The molecule has 0 bridgehead atoms. The maximum Gasteiger partial charge on any atom is 0.452 e. The van der Waals surface area contributed by atoms with Gasteiger partial charge in [0, 0.05) is 12.6 Å². The standard InChI is InChI=1S/C20H17F4N5O4S2/c1-3-29-18(25-26-19(29)32-13-6-4-12(21)5-7-13)11(2)28-35(30,31)17-9-8-15(34-17)14-10-16(33-27-14)20(22,23)24/h4-11,28H,3H2,1-2H3/t11-/m1/s1. The summed E-state index contributed by atoms with van der Waals surface area (Å²) < 4.78 is 91.0. The fraction of sp³-hybridized carbons (Fsp3) is 0.250. The molecule has 4 rings (SSSR count). The van der Waals surface area contributed by atoms with Gasteiger partial charge in [-0.1, -0.05) is 10.3 Å². The summed E-state index contributed by atoms with van der Waals surface area (Å²) in [6.45, 7) is 3.68. The summed E-state index contributed by atoms with van der Waals surface area (Å²) >= 11 is 0.734. The van der Waals surface area contributed by atoms with E-state index >= 15 is 0 Å². The van der Waals surface area contributed by atoms with Crippen molar-refractivity contribution in [2.45, 2.75) is 36.8 Å². The Morgan fingerprint density at radius 2 is 1.89 bits per heavy atom. The van der Waals surface area contributed by atoms with Crippen molar-refractivity contribution in [2.75, 3.05) is 0 Å². The van der Waals surface area contributed by atoms with Gasteiger partial charge in [0.05, 0.1) is 10.9 Å². The molecule has 1 atom stereocenters. The number of ether oxygens (including phenoxy) is 1. The fourth-order valence-corrected chi connectivity index (χ4v) is 5.55. The van der Waals surface area contributed by atoms with Crippen LogP contribution in [-0.4, -0.2) is 28.3 Å². The normalized spacial score (nSPS) is 13.2. The molecule has 186 valence electrons. The number of sulfonamides is 1. The zero-order valence-electron chi connectivity index (χ0n) is 18.1. The molecule has 1 N–H and O–H groups in total. The number of benzene rings is 1. The molecule has 3 heterocycles. The lowest BCUT2D eigenvalue weighted by molar-refractivity contribution is -0.155. The minimum Gasteiger partial charge on any atom is -0.424 e. The van der Waals surface area contributed by atoms with E-state index in [0.717, 1.165) is 11.3 Å². The van der Waals surface area contributed by atoms with Gasteiger partial charge >= 0.3 is 12.2 Å². The van der Waals surface area contributed by atoms with Crippen molar-refractivity contribution < 1.29 is 35.2 Å². The number of aromatic nitrogens is 4. The highest BCUT2D eigenvalue weighted by Gasteiger charge is 2.36. The van der Waals surface area contributed by atoms with Crippen LogP contribution in [0.15, 0.2) is 51.2 Å². The third kappa shape index (κ3) is 5.36. The van der Waals surface area contributed by atoms with Crippen molar-refractivity contribution in [1.29, 1.82) is 0 Å². The third-order valence-corrected chi connectivity index (χ3v) is 7.83. The summed E-state index contributed by atoms with van der Waals surface area (Å²) in [5, 5.41) is 11.3. The van der Waals surface area contributed by atoms with Gasteiger partial charge in [-0.25, -0.2) is 12.8 Å². The van der Waals surface area contributed by atoms with Crippen molar-refractivity contribution in [2.24, 2.45) is 0 Å². The van der Waals surface area contributed by atoms with Crippen LogP contribution in [0.5, 0.6) is 11.8 Å². The molecule has 4 aromatic rings. The number of thiophene rings is 1. The summed E-state index contributed by atoms with van der Waals surface area (Å²) in [6, 6.07) is 7.81. The lowest BCUT2D eigenvalue weighted by Crippen LogP contribution is -2.28. The van der Waals surface area contributed by atoms with Crippen LogP contribution in [0.1, 0.15) is 31.5 Å². The molecule has 35 heavy (non-hydrogen) atoms. The van der Waals surface area contributed by atoms with Crippen LogP contribution >= 0.6 is 11.3 Å². The zero-order valence-corrected chi connectivity index (χ0v) is 19.7. The molecule has 0 aliphatic rings. The van der Waals surface area contributed by atoms with Gasteiger partial charge in [0.1, 0.15) is 21.5 Å². The first-order valence-electron chi connectivity index (χ1n) is 10.0. The van der Waals surface area contributed by atoms with Gasteiger partial charge in [-0.05, 0) is 50.2 Å². The van der Waals surface area contributed by atoms with Gasteiger partial charge in [0.2, 0.25) is 5.76 Å². The van der Waals surface area contributed by atoms with Gasteiger partial charge in [-0.3, -0.25) is 4.57 Å². The van der Waals surface area contributed by atoms with Crippen LogP contribution in [0.2, 0.25) is 0 Å². The average Bonchev–Trinajstić information content (AvgIpc) is 3.53. The van der Waals surface area contributed by atoms with E-state index < -0.39 is 33.8 Å². The van der Waals surface area contributed by atoms with Crippen LogP contribution in [-0.2, 0) is 22.7 Å². The second kappa shape index (κ2) is 9.39. The van der Waals surface area contributed by atoms with Crippen LogP contribution in [0.25, 0.3) is 10.6 Å². The molecule has 15 heteroatoms. The summed E-state index contributed by atoms with van der Waals surface area (Å²) in [6.07, 6.45) is -4.71. The molecule has 9 nitrogen and oxygen atoms in total. The van der Waals surface area contributed by atoms with Crippen LogP contribution in [0.3, 0.4) is 0 Å². The SMILES string of the molecule is CCn1c(Oc2ccc(F)cc2)nnc1[C@@H](C)NS(=O)(=O)c1ccc(-c2cc(C(F)(F)F)on2)s1. The average molecular weight is 532 g/mol. The number of halogens is 4. The number of rotatable bonds is 8. The first kappa shape index (κ1) is 24.8. The fourth-order valence-electron chi connectivity index (χ4n) is 3.07. The van der Waals surface area contributed by atoms with E-state index in [1.54, 1.807) is 18.4 Å². The molecule has 0 spiro atoms. The highest BCUT2D eigenvalue weighted by molar-refractivity contribution is 7.91. The molecule has 0 aliphatic heterocycles. The molecule has 0 amide bonds. The zero-order chi connectivity index (χ0) is 25.4. The number of hydrogen-bond donors (Lipinski definition) is 1. The quantitative estimate of drug-likeness (QED) is 0.318. The van der Waals surface area contributed by atoms with Crippen molar-refractivity contribution in [3.05, 3.63) is 59.9 Å². The van der Waals surface area contributed by atoms with E-state index in [1.807, 2.05) is 0 Å². The van der Waals surface area contributed by atoms with E-state index in [0.29, 0.717) is 18.4 Å². The monoisotopic (exact) mass is 531 g/mol. The highest BCUT2D eigenvalue weighted by Crippen LogP contribution is 2.35. The second-order valence-electron chi connectivity index (χ2n) is 7.18. The maximum atomic E-state index is 13.1. The first-order chi connectivity index (χ1) is 16.5. The largest absolute Gasteiger partial charge is 0.452 e. The van der Waals surface area contributed by atoms with E-state index in [2.05, 4.69) is 24.6 Å². The molecule has 0 aliphatic carbocycles. The Morgan fingerprint density at radius 1 is 1.17 bits per heavy atom. The van der Waals surface area contributed by atoms with E-state index in [4.69, 9.17) is 4.74 Å².